The Labute approximate surface area is 142 Å². The summed E-state index contributed by atoms with van der Waals surface area (Å²) in [4.78, 5) is 27.8. The summed E-state index contributed by atoms with van der Waals surface area (Å²) < 4.78 is 5.48. The molecule has 24 heavy (non-hydrogen) atoms. The monoisotopic (exact) mass is 331 g/mol. The second-order valence-corrected chi connectivity index (χ2v) is 6.62. The first-order valence-electron chi connectivity index (χ1n) is 8.62. The first-order valence-corrected chi connectivity index (χ1v) is 8.62. The fourth-order valence-corrected chi connectivity index (χ4v) is 3.18. The molecule has 2 N–H and O–H groups in total. The van der Waals surface area contributed by atoms with E-state index in [1.807, 2.05) is 35.2 Å². The number of amides is 2. The molecule has 2 amide bonds. The quantitative estimate of drug-likeness (QED) is 0.859. The molecule has 1 saturated carbocycles. The topological polar surface area (TPSA) is 75.9 Å². The van der Waals surface area contributed by atoms with Crippen LogP contribution in [0.15, 0.2) is 30.3 Å². The molecule has 6 heteroatoms. The number of benzene rings is 1. The number of hydrogen-bond donors (Lipinski definition) is 1. The van der Waals surface area contributed by atoms with Gasteiger partial charge in [-0.1, -0.05) is 30.3 Å². The summed E-state index contributed by atoms with van der Waals surface area (Å²) >= 11 is 0. The zero-order chi connectivity index (χ0) is 16.9. The van der Waals surface area contributed by atoms with Crippen LogP contribution in [0.2, 0.25) is 0 Å². The fraction of sp³-hybridized carbons (Fsp3) is 0.556. The van der Waals surface area contributed by atoms with Crippen LogP contribution in [-0.2, 0) is 16.1 Å². The number of carbonyl (C=O) groups is 2. The van der Waals surface area contributed by atoms with Gasteiger partial charge in [-0.05, 0) is 30.7 Å². The van der Waals surface area contributed by atoms with Crippen LogP contribution in [0.1, 0.15) is 24.8 Å². The van der Waals surface area contributed by atoms with Crippen molar-refractivity contribution in [3.05, 3.63) is 35.9 Å². The van der Waals surface area contributed by atoms with Gasteiger partial charge in [0, 0.05) is 25.7 Å². The van der Waals surface area contributed by atoms with Gasteiger partial charge < -0.3 is 20.3 Å². The highest BCUT2D eigenvalue weighted by Gasteiger charge is 2.37. The van der Waals surface area contributed by atoms with Gasteiger partial charge >= 0.3 is 6.09 Å². The summed E-state index contributed by atoms with van der Waals surface area (Å²) in [6, 6.07) is 10.0. The Balaban J connectivity index is 1.51. The van der Waals surface area contributed by atoms with Gasteiger partial charge in [0.15, 0.2) is 0 Å². The smallest absolute Gasteiger partial charge is 0.410 e. The van der Waals surface area contributed by atoms with Crippen LogP contribution >= 0.6 is 0 Å². The van der Waals surface area contributed by atoms with E-state index in [-0.39, 0.29) is 18.5 Å². The Morgan fingerprint density at radius 2 is 1.96 bits per heavy atom. The Bertz CT molecular complexity index is 574. The third-order valence-corrected chi connectivity index (χ3v) is 4.70. The van der Waals surface area contributed by atoms with Crippen LogP contribution < -0.4 is 5.73 Å². The molecule has 0 spiro atoms. The minimum absolute atomic E-state index is 0.0119. The highest BCUT2D eigenvalue weighted by atomic mass is 16.6. The minimum Gasteiger partial charge on any atom is -0.445 e. The summed E-state index contributed by atoms with van der Waals surface area (Å²) in [6.07, 6.45) is 2.75. The van der Waals surface area contributed by atoms with Crippen LogP contribution in [0.4, 0.5) is 4.79 Å². The second-order valence-electron chi connectivity index (χ2n) is 6.62. The van der Waals surface area contributed by atoms with Crippen molar-refractivity contribution in [1.29, 1.82) is 0 Å². The third-order valence-electron chi connectivity index (χ3n) is 4.70. The predicted octanol–water partition coefficient (Wildman–Crippen LogP) is 1.59. The Kier molecular flexibility index (Phi) is 5.35. The molecule has 0 unspecified atom stereocenters. The molecule has 6 nitrogen and oxygen atoms in total. The molecule has 1 aliphatic carbocycles. The largest absolute Gasteiger partial charge is 0.445 e. The summed E-state index contributed by atoms with van der Waals surface area (Å²) in [5, 5.41) is 0. The van der Waals surface area contributed by atoms with E-state index in [0.29, 0.717) is 31.7 Å². The number of carbonyl (C=O) groups excluding carboxylic acids is 2. The summed E-state index contributed by atoms with van der Waals surface area (Å²) in [5.41, 5.74) is 6.41. The van der Waals surface area contributed by atoms with Gasteiger partial charge in [0.2, 0.25) is 5.91 Å². The van der Waals surface area contributed by atoms with Crippen LogP contribution in [0.5, 0.6) is 0 Å². The molecule has 3 rings (SSSR count). The molecule has 0 aromatic heterocycles. The van der Waals surface area contributed by atoms with E-state index >= 15 is 0 Å². The number of hydrogen-bond acceptors (Lipinski definition) is 4. The van der Waals surface area contributed by atoms with Gasteiger partial charge in [-0.2, -0.15) is 0 Å². The van der Waals surface area contributed by atoms with Crippen molar-refractivity contribution in [2.45, 2.75) is 31.9 Å². The highest BCUT2D eigenvalue weighted by molar-refractivity contribution is 5.78. The molecule has 0 radical (unpaired) electrons. The number of rotatable bonds is 6. The SMILES string of the molecule is NCC(=O)N1CC[C@H](CN(C(=O)OCc2ccccc2)C2CC2)C1. The molecule has 1 aromatic carbocycles. The Hall–Kier alpha value is -2.08. The minimum atomic E-state index is -0.245. The van der Waals surface area contributed by atoms with Crippen LogP contribution in [0, 0.1) is 5.92 Å². The lowest BCUT2D eigenvalue weighted by Gasteiger charge is -2.25. The molecule has 1 atom stereocenters. The lowest BCUT2D eigenvalue weighted by Crippen LogP contribution is -2.39. The van der Waals surface area contributed by atoms with Gasteiger partial charge in [-0.3, -0.25) is 4.79 Å². The van der Waals surface area contributed by atoms with Crippen molar-refractivity contribution < 1.29 is 14.3 Å². The predicted molar refractivity (Wildman–Crippen MR) is 90.1 cm³/mol. The summed E-state index contributed by atoms with van der Waals surface area (Å²) in [5.74, 6) is 0.299. The zero-order valence-electron chi connectivity index (χ0n) is 13.9. The van der Waals surface area contributed by atoms with Gasteiger partial charge in [0.05, 0.1) is 6.54 Å². The van der Waals surface area contributed by atoms with E-state index in [9.17, 15) is 9.59 Å². The fourth-order valence-electron chi connectivity index (χ4n) is 3.18. The molecule has 2 aliphatic rings. The van der Waals surface area contributed by atoms with Gasteiger partial charge in [0.1, 0.15) is 6.61 Å². The molecule has 0 bridgehead atoms. The number of nitrogens with two attached hydrogens (primary N) is 1. The average molecular weight is 331 g/mol. The second kappa shape index (κ2) is 7.66. The summed E-state index contributed by atoms with van der Waals surface area (Å²) in [6.45, 7) is 2.43. The first-order chi connectivity index (χ1) is 11.7. The van der Waals surface area contributed by atoms with E-state index < -0.39 is 0 Å². The maximum Gasteiger partial charge on any atom is 0.410 e. The van der Waals surface area contributed by atoms with Gasteiger partial charge in [-0.25, -0.2) is 4.79 Å². The van der Waals surface area contributed by atoms with Crippen molar-refractivity contribution in [1.82, 2.24) is 9.80 Å². The highest BCUT2D eigenvalue weighted by Crippen LogP contribution is 2.30. The third kappa shape index (κ3) is 4.26. The molecule has 1 saturated heterocycles. The van der Waals surface area contributed by atoms with Crippen LogP contribution in [0.25, 0.3) is 0 Å². The molecule has 2 fully saturated rings. The molecule has 1 aliphatic heterocycles. The van der Waals surface area contributed by atoms with Crippen LogP contribution in [-0.4, -0.2) is 54.0 Å². The van der Waals surface area contributed by atoms with Crippen molar-refractivity contribution in [3.63, 3.8) is 0 Å². The summed E-state index contributed by atoms with van der Waals surface area (Å²) in [7, 11) is 0. The molecule has 1 aromatic rings. The van der Waals surface area contributed by atoms with Crippen molar-refractivity contribution >= 4 is 12.0 Å². The van der Waals surface area contributed by atoms with Crippen molar-refractivity contribution in [2.75, 3.05) is 26.2 Å². The maximum absolute atomic E-state index is 12.5. The average Bonchev–Trinajstić information content (AvgIpc) is 3.35. The molecule has 1 heterocycles. The van der Waals surface area contributed by atoms with E-state index in [0.717, 1.165) is 31.4 Å². The first kappa shape index (κ1) is 16.8. The van der Waals surface area contributed by atoms with Crippen LogP contribution in [0.3, 0.4) is 0 Å². The lowest BCUT2D eigenvalue weighted by molar-refractivity contribution is -0.128. The van der Waals surface area contributed by atoms with E-state index in [4.69, 9.17) is 10.5 Å². The standard InChI is InChI=1S/C18H25N3O3/c19-10-17(22)20-9-8-15(11-20)12-21(16-6-7-16)18(23)24-13-14-4-2-1-3-5-14/h1-5,15-16H,6-13,19H2/t15-/m0/s1. The van der Waals surface area contributed by atoms with Gasteiger partial charge in [0.25, 0.3) is 0 Å². The zero-order valence-corrected chi connectivity index (χ0v) is 13.9. The normalized spacial score (nSPS) is 20.0. The van der Waals surface area contributed by atoms with E-state index in [1.54, 1.807) is 4.90 Å². The van der Waals surface area contributed by atoms with Gasteiger partial charge in [-0.15, -0.1) is 0 Å². The number of likely N-dealkylation sites (tertiary alicyclic amines) is 1. The van der Waals surface area contributed by atoms with E-state index in [2.05, 4.69) is 0 Å². The Morgan fingerprint density at radius 3 is 2.62 bits per heavy atom. The number of nitrogens with zero attached hydrogens (tertiary/aromatic N) is 2. The molecule has 130 valence electrons. The lowest BCUT2D eigenvalue weighted by atomic mass is 10.1. The molecular formula is C18H25N3O3. The van der Waals surface area contributed by atoms with Crippen molar-refractivity contribution in [3.8, 4) is 0 Å². The maximum atomic E-state index is 12.5. The number of ether oxygens (including phenoxy) is 1. The van der Waals surface area contributed by atoms with Crippen molar-refractivity contribution in [2.24, 2.45) is 11.7 Å². The Morgan fingerprint density at radius 1 is 1.21 bits per heavy atom. The van der Waals surface area contributed by atoms with E-state index in [1.165, 1.54) is 0 Å². The molecular weight excluding hydrogens is 306 g/mol.